The van der Waals surface area contributed by atoms with Gasteiger partial charge in [-0.25, -0.2) is 0 Å². The van der Waals surface area contributed by atoms with Gasteiger partial charge >= 0.3 is 5.97 Å². The van der Waals surface area contributed by atoms with Gasteiger partial charge in [-0.1, -0.05) is 0 Å². The number of ether oxygens (including phenoxy) is 1. The smallest absolute Gasteiger partial charge is 0.307 e. The largest absolute Gasteiger partial charge is 0.469 e. The Morgan fingerprint density at radius 1 is 1.67 bits per heavy atom. The maximum atomic E-state index is 11.2. The van der Waals surface area contributed by atoms with Crippen LogP contribution in [-0.2, 0) is 9.53 Å². The lowest BCUT2D eigenvalue weighted by Crippen LogP contribution is -2.37. The number of rotatable bonds is 4. The van der Waals surface area contributed by atoms with Gasteiger partial charge in [0, 0.05) is 18.6 Å². The molecule has 15 heavy (non-hydrogen) atoms. The highest BCUT2D eigenvalue weighted by Gasteiger charge is 2.31. The molecule has 0 aliphatic carbocycles. The average molecular weight is 214 g/mol. The van der Waals surface area contributed by atoms with Crippen molar-refractivity contribution in [1.82, 2.24) is 4.90 Å². The van der Waals surface area contributed by atoms with Crippen LogP contribution in [0.2, 0.25) is 0 Å². The maximum Gasteiger partial charge on any atom is 0.307 e. The fourth-order valence-corrected chi connectivity index (χ4v) is 2.40. The molecular formula is C11H22N2O2. The number of nitrogens with zero attached hydrogens (tertiary/aromatic N) is 1. The van der Waals surface area contributed by atoms with Crippen LogP contribution < -0.4 is 5.73 Å². The molecule has 0 radical (unpaired) electrons. The zero-order chi connectivity index (χ0) is 11.4. The van der Waals surface area contributed by atoms with Gasteiger partial charge in [0.2, 0.25) is 0 Å². The Hall–Kier alpha value is -0.610. The van der Waals surface area contributed by atoms with Crippen molar-refractivity contribution in [2.75, 3.05) is 20.2 Å². The molecule has 1 fully saturated rings. The van der Waals surface area contributed by atoms with Gasteiger partial charge < -0.3 is 10.5 Å². The molecule has 0 amide bonds. The van der Waals surface area contributed by atoms with Crippen LogP contribution in [0.5, 0.6) is 0 Å². The predicted octanol–water partition coefficient (Wildman–Crippen LogP) is 0.607. The minimum atomic E-state index is -0.133. The van der Waals surface area contributed by atoms with Gasteiger partial charge in [0.25, 0.3) is 0 Å². The highest BCUT2D eigenvalue weighted by Crippen LogP contribution is 2.25. The molecule has 0 aromatic rings. The van der Waals surface area contributed by atoms with Crippen molar-refractivity contribution in [3.05, 3.63) is 0 Å². The average Bonchev–Trinajstić information content (AvgIpc) is 2.59. The third-order valence-corrected chi connectivity index (χ3v) is 3.30. The summed E-state index contributed by atoms with van der Waals surface area (Å²) < 4.78 is 4.68. The lowest BCUT2D eigenvalue weighted by atomic mass is 10.1. The van der Waals surface area contributed by atoms with E-state index in [9.17, 15) is 4.79 Å². The summed E-state index contributed by atoms with van der Waals surface area (Å²) in [5.41, 5.74) is 5.67. The van der Waals surface area contributed by atoms with E-state index in [1.807, 2.05) is 0 Å². The van der Waals surface area contributed by atoms with E-state index in [1.165, 1.54) is 7.11 Å². The fraction of sp³-hybridized carbons (Fsp3) is 0.909. The SMILES string of the molecule is COC(=O)CC(C)N1CC(CN)CC1C. The Kier molecular flexibility index (Phi) is 4.54. The Morgan fingerprint density at radius 3 is 2.80 bits per heavy atom. The molecule has 2 N–H and O–H groups in total. The number of hydrogen-bond acceptors (Lipinski definition) is 4. The van der Waals surface area contributed by atoms with Crippen LogP contribution in [0.1, 0.15) is 26.7 Å². The van der Waals surface area contributed by atoms with E-state index in [-0.39, 0.29) is 12.0 Å². The Balaban J connectivity index is 2.45. The molecule has 3 atom stereocenters. The van der Waals surface area contributed by atoms with Crippen molar-refractivity contribution in [2.24, 2.45) is 11.7 Å². The van der Waals surface area contributed by atoms with Crippen molar-refractivity contribution in [1.29, 1.82) is 0 Å². The summed E-state index contributed by atoms with van der Waals surface area (Å²) in [6.45, 7) is 6.03. The van der Waals surface area contributed by atoms with E-state index in [0.29, 0.717) is 18.4 Å². The van der Waals surface area contributed by atoms with E-state index in [1.54, 1.807) is 0 Å². The zero-order valence-corrected chi connectivity index (χ0v) is 9.90. The van der Waals surface area contributed by atoms with Gasteiger partial charge in [0.15, 0.2) is 0 Å². The number of hydrogen-bond donors (Lipinski definition) is 1. The van der Waals surface area contributed by atoms with E-state index in [0.717, 1.165) is 19.5 Å². The minimum Gasteiger partial charge on any atom is -0.469 e. The Labute approximate surface area is 91.8 Å². The van der Waals surface area contributed by atoms with Gasteiger partial charge in [0.1, 0.15) is 0 Å². The Bertz CT molecular complexity index is 221. The van der Waals surface area contributed by atoms with Crippen molar-refractivity contribution >= 4 is 5.97 Å². The number of nitrogens with two attached hydrogens (primary N) is 1. The van der Waals surface area contributed by atoms with Crippen LogP contribution in [0.15, 0.2) is 0 Å². The number of carbonyl (C=O) groups is 1. The van der Waals surface area contributed by atoms with Crippen molar-refractivity contribution < 1.29 is 9.53 Å². The molecule has 0 bridgehead atoms. The van der Waals surface area contributed by atoms with Crippen LogP contribution in [0.3, 0.4) is 0 Å². The van der Waals surface area contributed by atoms with E-state index >= 15 is 0 Å². The molecular weight excluding hydrogens is 192 g/mol. The summed E-state index contributed by atoms with van der Waals surface area (Å²) in [5.74, 6) is 0.450. The van der Waals surface area contributed by atoms with E-state index in [4.69, 9.17) is 5.73 Å². The number of likely N-dealkylation sites (tertiary alicyclic amines) is 1. The van der Waals surface area contributed by atoms with Crippen molar-refractivity contribution in [2.45, 2.75) is 38.8 Å². The van der Waals surface area contributed by atoms with E-state index in [2.05, 4.69) is 23.5 Å². The molecule has 0 spiro atoms. The first-order chi connectivity index (χ1) is 7.08. The third-order valence-electron chi connectivity index (χ3n) is 3.30. The van der Waals surface area contributed by atoms with Gasteiger partial charge in [-0.15, -0.1) is 0 Å². The van der Waals surface area contributed by atoms with Gasteiger partial charge in [0.05, 0.1) is 13.5 Å². The fourth-order valence-electron chi connectivity index (χ4n) is 2.40. The zero-order valence-electron chi connectivity index (χ0n) is 9.90. The van der Waals surface area contributed by atoms with E-state index < -0.39 is 0 Å². The molecule has 88 valence electrons. The summed E-state index contributed by atoms with van der Waals surface area (Å²) in [7, 11) is 1.44. The molecule has 4 nitrogen and oxygen atoms in total. The lowest BCUT2D eigenvalue weighted by molar-refractivity contribution is -0.141. The Morgan fingerprint density at radius 2 is 2.33 bits per heavy atom. The molecule has 1 aliphatic rings. The van der Waals surface area contributed by atoms with Crippen LogP contribution in [0.25, 0.3) is 0 Å². The number of esters is 1. The normalized spacial score (nSPS) is 29.1. The molecule has 1 rings (SSSR count). The molecule has 0 aromatic heterocycles. The summed E-state index contributed by atoms with van der Waals surface area (Å²) >= 11 is 0. The molecule has 0 saturated carbocycles. The predicted molar refractivity (Wildman–Crippen MR) is 59.4 cm³/mol. The van der Waals surface area contributed by atoms with Crippen LogP contribution in [-0.4, -0.2) is 43.2 Å². The van der Waals surface area contributed by atoms with Crippen molar-refractivity contribution in [3.63, 3.8) is 0 Å². The summed E-state index contributed by atoms with van der Waals surface area (Å²) in [6, 6.07) is 0.780. The van der Waals surface area contributed by atoms with Gasteiger partial charge in [-0.05, 0) is 32.7 Å². The second-order valence-corrected chi connectivity index (χ2v) is 4.51. The van der Waals surface area contributed by atoms with Gasteiger partial charge in [-0.3, -0.25) is 9.69 Å². The van der Waals surface area contributed by atoms with Crippen LogP contribution >= 0.6 is 0 Å². The summed E-state index contributed by atoms with van der Waals surface area (Å²) in [5, 5.41) is 0. The first-order valence-electron chi connectivity index (χ1n) is 5.61. The monoisotopic (exact) mass is 214 g/mol. The highest BCUT2D eigenvalue weighted by molar-refractivity contribution is 5.69. The molecule has 1 saturated heterocycles. The number of carbonyl (C=O) groups excluding carboxylic acids is 1. The first kappa shape index (κ1) is 12.5. The number of methoxy groups -OCH3 is 1. The molecule has 0 aromatic carbocycles. The standard InChI is InChI=1S/C11H22N2O2/c1-8-4-10(6-12)7-13(8)9(2)5-11(14)15-3/h8-10H,4-7,12H2,1-3H3. The first-order valence-corrected chi connectivity index (χ1v) is 5.61. The molecule has 3 unspecified atom stereocenters. The molecule has 1 aliphatic heterocycles. The minimum absolute atomic E-state index is 0.133. The third kappa shape index (κ3) is 3.18. The van der Waals surface area contributed by atoms with Crippen LogP contribution in [0.4, 0.5) is 0 Å². The molecule has 1 heterocycles. The summed E-state index contributed by atoms with van der Waals surface area (Å²) in [6.07, 6.45) is 1.61. The quantitative estimate of drug-likeness (QED) is 0.697. The van der Waals surface area contributed by atoms with Crippen molar-refractivity contribution in [3.8, 4) is 0 Å². The topological polar surface area (TPSA) is 55.6 Å². The van der Waals surface area contributed by atoms with Crippen LogP contribution in [0, 0.1) is 5.92 Å². The lowest BCUT2D eigenvalue weighted by Gasteiger charge is -2.27. The highest BCUT2D eigenvalue weighted by atomic mass is 16.5. The maximum absolute atomic E-state index is 11.2. The molecule has 4 heteroatoms. The van der Waals surface area contributed by atoms with Gasteiger partial charge in [-0.2, -0.15) is 0 Å². The second-order valence-electron chi connectivity index (χ2n) is 4.51. The second kappa shape index (κ2) is 5.47. The summed E-state index contributed by atoms with van der Waals surface area (Å²) in [4.78, 5) is 13.5.